The third-order valence-electron chi connectivity index (χ3n) is 3.15. The number of ether oxygens (including phenoxy) is 1. The molecule has 0 radical (unpaired) electrons. The zero-order valence-electron chi connectivity index (χ0n) is 11.0. The van der Waals surface area contributed by atoms with E-state index in [1.165, 1.54) is 0 Å². The normalized spacial score (nSPS) is 22.3. The van der Waals surface area contributed by atoms with Crippen LogP contribution in [0.1, 0.15) is 23.7 Å². The van der Waals surface area contributed by atoms with Gasteiger partial charge >= 0.3 is 0 Å². The third-order valence-corrected chi connectivity index (χ3v) is 5.57. The predicted molar refractivity (Wildman–Crippen MR) is 78.4 cm³/mol. The van der Waals surface area contributed by atoms with Crippen LogP contribution in [0, 0.1) is 5.82 Å². The maximum absolute atomic E-state index is 13.8. The largest absolute Gasteiger partial charge is 0.379 e. The lowest BCUT2D eigenvalue weighted by molar-refractivity contribution is 0.0889. The summed E-state index contributed by atoms with van der Waals surface area (Å²) in [6.45, 7) is 2.66. The van der Waals surface area contributed by atoms with Gasteiger partial charge in [0, 0.05) is 22.9 Å². The van der Waals surface area contributed by atoms with Crippen molar-refractivity contribution in [3.63, 3.8) is 0 Å². The van der Waals surface area contributed by atoms with Crippen LogP contribution < -0.4 is 5.32 Å². The zero-order chi connectivity index (χ0) is 15.8. The minimum Gasteiger partial charge on any atom is -0.379 e. The summed E-state index contributed by atoms with van der Waals surface area (Å²) in [7, 11) is 1.06. The minimum atomic E-state index is -4.17. The predicted octanol–water partition coefficient (Wildman–Crippen LogP) is 2.42. The molecule has 1 fully saturated rings. The maximum atomic E-state index is 13.8. The van der Waals surface area contributed by atoms with Crippen LogP contribution in [0.25, 0.3) is 0 Å². The second-order valence-corrected chi connectivity index (χ2v) is 8.35. The molecule has 9 heteroatoms. The van der Waals surface area contributed by atoms with E-state index in [2.05, 4.69) is 21.2 Å². The standard InChI is InChI=1S/C12H12BrClFNO4S/c1-12(2-3-20-6-12)16-11(17)7-4-8(15)10(13)9(5-7)21(14,18)19/h4-5H,2-3,6H2,1H3,(H,16,17). The highest BCUT2D eigenvalue weighted by Crippen LogP contribution is 2.29. The van der Waals surface area contributed by atoms with Crippen LogP contribution in [0.4, 0.5) is 4.39 Å². The first-order valence-electron chi connectivity index (χ1n) is 5.96. The Morgan fingerprint density at radius 2 is 2.19 bits per heavy atom. The number of halogens is 3. The number of benzene rings is 1. The van der Waals surface area contributed by atoms with Crippen LogP contribution >= 0.6 is 26.6 Å². The smallest absolute Gasteiger partial charge is 0.262 e. The van der Waals surface area contributed by atoms with Gasteiger partial charge in [-0.2, -0.15) is 0 Å². The van der Waals surface area contributed by atoms with Crippen molar-refractivity contribution in [3.05, 3.63) is 28.0 Å². The molecule has 1 atom stereocenters. The van der Waals surface area contributed by atoms with Gasteiger partial charge in [0.25, 0.3) is 15.0 Å². The van der Waals surface area contributed by atoms with E-state index in [0.29, 0.717) is 19.6 Å². The molecular weight excluding hydrogens is 389 g/mol. The van der Waals surface area contributed by atoms with Crippen molar-refractivity contribution in [1.82, 2.24) is 5.32 Å². The molecule has 21 heavy (non-hydrogen) atoms. The number of nitrogens with one attached hydrogen (secondary N) is 1. The minimum absolute atomic E-state index is 0.122. The fourth-order valence-electron chi connectivity index (χ4n) is 1.98. The van der Waals surface area contributed by atoms with Crippen LogP contribution in [-0.2, 0) is 13.8 Å². The molecule has 1 heterocycles. The van der Waals surface area contributed by atoms with Crippen LogP contribution in [-0.4, -0.2) is 33.1 Å². The van der Waals surface area contributed by atoms with Gasteiger partial charge in [0.15, 0.2) is 0 Å². The van der Waals surface area contributed by atoms with Crippen molar-refractivity contribution in [3.8, 4) is 0 Å². The van der Waals surface area contributed by atoms with E-state index in [0.717, 1.165) is 12.1 Å². The average molecular weight is 401 g/mol. The second-order valence-electron chi connectivity index (χ2n) is 5.03. The molecule has 1 aliphatic heterocycles. The van der Waals surface area contributed by atoms with Gasteiger partial charge in [0.2, 0.25) is 0 Å². The van der Waals surface area contributed by atoms with E-state index in [9.17, 15) is 17.6 Å². The first kappa shape index (κ1) is 16.7. The fraction of sp³-hybridized carbons (Fsp3) is 0.417. The Hall–Kier alpha value is -0.700. The molecular formula is C12H12BrClFNO4S. The fourth-order valence-corrected chi connectivity index (χ4v) is 4.08. The Morgan fingerprint density at radius 3 is 2.71 bits per heavy atom. The second kappa shape index (κ2) is 5.83. The highest BCUT2D eigenvalue weighted by atomic mass is 79.9. The zero-order valence-corrected chi connectivity index (χ0v) is 14.1. The van der Waals surface area contributed by atoms with Crippen LogP contribution in [0.15, 0.2) is 21.5 Å². The van der Waals surface area contributed by atoms with Crippen LogP contribution in [0.3, 0.4) is 0 Å². The molecule has 1 unspecified atom stereocenters. The molecule has 1 N–H and O–H groups in total. The topological polar surface area (TPSA) is 72.5 Å². The molecule has 0 saturated carbocycles. The number of rotatable bonds is 3. The SMILES string of the molecule is CC1(NC(=O)c2cc(F)c(Br)c(S(=O)(=O)Cl)c2)CCOC1. The molecule has 2 rings (SSSR count). The Kier molecular flexibility index (Phi) is 4.63. The number of carbonyl (C=O) groups excluding carboxylic acids is 1. The first-order chi connectivity index (χ1) is 9.62. The van der Waals surface area contributed by atoms with Crippen molar-refractivity contribution >= 4 is 41.6 Å². The van der Waals surface area contributed by atoms with Gasteiger partial charge in [-0.1, -0.05) is 0 Å². The van der Waals surface area contributed by atoms with Crippen LogP contribution in [0.5, 0.6) is 0 Å². The van der Waals surface area contributed by atoms with Gasteiger partial charge < -0.3 is 10.1 Å². The number of amides is 1. The summed E-state index contributed by atoms with van der Waals surface area (Å²) in [6, 6.07) is 1.98. The highest BCUT2D eigenvalue weighted by Gasteiger charge is 2.32. The molecule has 5 nitrogen and oxygen atoms in total. The lowest BCUT2D eigenvalue weighted by Crippen LogP contribution is -2.46. The van der Waals surface area contributed by atoms with E-state index in [1.807, 2.05) is 0 Å². The summed E-state index contributed by atoms with van der Waals surface area (Å²) >= 11 is 2.81. The van der Waals surface area contributed by atoms with Crippen LogP contribution in [0.2, 0.25) is 0 Å². The molecule has 0 spiro atoms. The van der Waals surface area contributed by atoms with Crippen molar-refractivity contribution in [2.45, 2.75) is 23.8 Å². The van der Waals surface area contributed by atoms with Gasteiger partial charge in [-0.05, 0) is 41.4 Å². The van der Waals surface area contributed by atoms with E-state index in [1.54, 1.807) is 6.92 Å². The maximum Gasteiger partial charge on any atom is 0.262 e. The van der Waals surface area contributed by atoms with Gasteiger partial charge in [-0.3, -0.25) is 4.79 Å². The molecule has 0 aromatic heterocycles. The summed E-state index contributed by atoms with van der Waals surface area (Å²) in [5.74, 6) is -1.47. The van der Waals surface area contributed by atoms with Gasteiger partial charge in [0.1, 0.15) is 10.7 Å². The number of hydrogen-bond acceptors (Lipinski definition) is 4. The molecule has 1 aromatic carbocycles. The Balaban J connectivity index is 2.36. The molecule has 116 valence electrons. The van der Waals surface area contributed by atoms with Crippen molar-refractivity contribution in [2.24, 2.45) is 0 Å². The van der Waals surface area contributed by atoms with Crippen molar-refractivity contribution in [1.29, 1.82) is 0 Å². The summed E-state index contributed by atoms with van der Waals surface area (Å²) in [4.78, 5) is 11.7. The Bertz CT molecular complexity index is 689. The third kappa shape index (κ3) is 3.74. The Morgan fingerprint density at radius 1 is 1.52 bits per heavy atom. The van der Waals surface area contributed by atoms with Crippen molar-refractivity contribution < 1.29 is 22.3 Å². The summed E-state index contributed by atoms with van der Waals surface area (Å²) in [6.07, 6.45) is 0.623. The van der Waals surface area contributed by atoms with E-state index in [-0.39, 0.29) is 10.0 Å². The highest BCUT2D eigenvalue weighted by molar-refractivity contribution is 9.10. The quantitative estimate of drug-likeness (QED) is 0.791. The molecule has 1 amide bonds. The van der Waals surface area contributed by atoms with Gasteiger partial charge in [-0.25, -0.2) is 12.8 Å². The molecule has 0 bridgehead atoms. The summed E-state index contributed by atoms with van der Waals surface area (Å²) in [5.41, 5.74) is -0.677. The van der Waals surface area contributed by atoms with Gasteiger partial charge in [0.05, 0.1) is 16.6 Å². The number of carbonyl (C=O) groups is 1. The molecule has 1 saturated heterocycles. The number of hydrogen-bond donors (Lipinski definition) is 1. The lowest BCUT2D eigenvalue weighted by atomic mass is 10.0. The lowest BCUT2D eigenvalue weighted by Gasteiger charge is -2.23. The molecule has 1 aliphatic rings. The van der Waals surface area contributed by atoms with E-state index in [4.69, 9.17) is 15.4 Å². The van der Waals surface area contributed by atoms with Gasteiger partial charge in [-0.15, -0.1) is 0 Å². The van der Waals surface area contributed by atoms with E-state index >= 15 is 0 Å². The summed E-state index contributed by atoms with van der Waals surface area (Å²) in [5, 5.41) is 2.71. The Labute approximate surface area is 134 Å². The first-order valence-corrected chi connectivity index (χ1v) is 9.07. The summed E-state index contributed by atoms with van der Waals surface area (Å²) < 4.78 is 41.5. The molecule has 1 aromatic rings. The van der Waals surface area contributed by atoms with Crippen molar-refractivity contribution in [2.75, 3.05) is 13.2 Å². The van der Waals surface area contributed by atoms with E-state index < -0.39 is 31.2 Å². The molecule has 0 aliphatic carbocycles. The monoisotopic (exact) mass is 399 g/mol. The average Bonchev–Trinajstić information content (AvgIpc) is 2.77.